The van der Waals surface area contributed by atoms with Crippen LogP contribution in [0, 0.1) is 11.8 Å². The summed E-state index contributed by atoms with van der Waals surface area (Å²) in [6, 6.07) is 9.45. The number of rotatable bonds is 5. The molecule has 158 valence electrons. The predicted molar refractivity (Wildman–Crippen MR) is 111 cm³/mol. The summed E-state index contributed by atoms with van der Waals surface area (Å²) in [6.07, 6.45) is 4.47. The van der Waals surface area contributed by atoms with Gasteiger partial charge in [0.1, 0.15) is 5.69 Å². The lowest BCUT2D eigenvalue weighted by molar-refractivity contribution is 0.0640. The summed E-state index contributed by atoms with van der Waals surface area (Å²) in [5.41, 5.74) is 1.12. The summed E-state index contributed by atoms with van der Waals surface area (Å²) >= 11 is 0. The normalized spacial score (nSPS) is 24.2. The van der Waals surface area contributed by atoms with Crippen molar-refractivity contribution in [3.63, 3.8) is 0 Å². The number of hydrogen-bond acceptors (Lipinski definition) is 5. The van der Waals surface area contributed by atoms with Crippen LogP contribution in [0.1, 0.15) is 59.5 Å². The number of carbonyl (C=O) groups is 2. The summed E-state index contributed by atoms with van der Waals surface area (Å²) in [4.78, 5) is 30.2. The molecule has 1 N–H and O–H groups in total. The predicted octanol–water partition coefficient (Wildman–Crippen LogP) is 2.98. The second-order valence-electron chi connectivity index (χ2n) is 8.24. The summed E-state index contributed by atoms with van der Waals surface area (Å²) in [5, 5.41) is 0. The third kappa shape index (κ3) is 3.77. The van der Waals surface area contributed by atoms with E-state index >= 15 is 0 Å². The highest BCUT2D eigenvalue weighted by atomic mass is 32.2. The molecule has 1 aromatic carbocycles. The Hall–Kier alpha value is -2.58. The minimum atomic E-state index is -3.63. The number of amides is 2. The molecule has 2 aromatic rings. The molecule has 0 bridgehead atoms. The number of nitrogens with one attached hydrogen (secondary N) is 1. The molecule has 1 aliphatic heterocycles. The van der Waals surface area contributed by atoms with Gasteiger partial charge in [-0.2, -0.15) is 0 Å². The number of fused-ring (bicyclic) bond motifs is 1. The van der Waals surface area contributed by atoms with E-state index in [-0.39, 0.29) is 35.0 Å². The molecule has 1 aliphatic carbocycles. The number of aromatic nitrogens is 1. The van der Waals surface area contributed by atoms with Crippen molar-refractivity contribution in [1.82, 2.24) is 14.6 Å². The van der Waals surface area contributed by atoms with Crippen LogP contribution in [0.3, 0.4) is 0 Å². The molecule has 0 saturated heterocycles. The van der Waals surface area contributed by atoms with Gasteiger partial charge < -0.3 is 0 Å². The van der Waals surface area contributed by atoms with Crippen molar-refractivity contribution in [3.05, 3.63) is 59.4 Å². The van der Waals surface area contributed by atoms with E-state index in [1.54, 1.807) is 24.3 Å². The Kier molecular flexibility index (Phi) is 5.46. The molecule has 4 rings (SSSR count). The molecular weight excluding hydrogens is 402 g/mol. The lowest BCUT2D eigenvalue weighted by atomic mass is 9.78. The van der Waals surface area contributed by atoms with Gasteiger partial charge in [-0.25, -0.2) is 13.1 Å². The van der Waals surface area contributed by atoms with Gasteiger partial charge in [-0.05, 0) is 48.1 Å². The number of benzene rings is 1. The first-order valence-corrected chi connectivity index (χ1v) is 11.7. The molecule has 7 nitrogen and oxygen atoms in total. The monoisotopic (exact) mass is 427 g/mol. The Labute approximate surface area is 176 Å². The molecule has 1 fully saturated rings. The van der Waals surface area contributed by atoms with Gasteiger partial charge in [0.2, 0.25) is 10.0 Å². The minimum Gasteiger partial charge on any atom is -0.268 e. The molecule has 0 unspecified atom stereocenters. The van der Waals surface area contributed by atoms with Crippen LogP contribution >= 0.6 is 0 Å². The van der Waals surface area contributed by atoms with Crippen LogP contribution in [0.2, 0.25) is 0 Å². The average molecular weight is 428 g/mol. The standard InChI is InChI=1S/C22H25N3O4S/c1-14-5-3-7-19(15(14)2)24-30(28,29)17-10-8-16(9-11-17)13-25-21(26)18-6-4-12-23-20(18)22(25)27/h4,6,8-12,14-15,19,24H,3,5,7,13H2,1-2H3/t14-,15+,19-/m1/s1. The van der Waals surface area contributed by atoms with Gasteiger partial charge in [-0.3, -0.25) is 19.5 Å². The molecule has 8 heteroatoms. The summed E-state index contributed by atoms with van der Waals surface area (Å²) < 4.78 is 28.5. The Morgan fingerprint density at radius 3 is 2.50 bits per heavy atom. The second kappa shape index (κ2) is 7.92. The maximum Gasteiger partial charge on any atom is 0.280 e. The fourth-order valence-corrected chi connectivity index (χ4v) is 5.59. The molecule has 1 aromatic heterocycles. The third-order valence-corrected chi connectivity index (χ3v) is 7.82. The van der Waals surface area contributed by atoms with Gasteiger partial charge >= 0.3 is 0 Å². The van der Waals surface area contributed by atoms with Crippen molar-refractivity contribution >= 4 is 21.8 Å². The molecule has 2 aliphatic rings. The molecule has 2 amide bonds. The molecule has 0 radical (unpaired) electrons. The first-order valence-electron chi connectivity index (χ1n) is 10.2. The van der Waals surface area contributed by atoms with Crippen molar-refractivity contribution in [2.45, 2.75) is 50.6 Å². The molecule has 3 atom stereocenters. The number of pyridine rings is 1. The van der Waals surface area contributed by atoms with Crippen LogP contribution in [-0.4, -0.2) is 36.2 Å². The summed E-state index contributed by atoms with van der Waals surface area (Å²) in [5.74, 6) is -0.0468. The highest BCUT2D eigenvalue weighted by molar-refractivity contribution is 7.89. The van der Waals surface area contributed by atoms with E-state index in [2.05, 4.69) is 23.6 Å². The third-order valence-electron chi connectivity index (χ3n) is 6.32. The molecule has 30 heavy (non-hydrogen) atoms. The Morgan fingerprint density at radius 1 is 1.07 bits per heavy atom. The van der Waals surface area contributed by atoms with E-state index in [1.165, 1.54) is 18.3 Å². The zero-order chi connectivity index (χ0) is 21.5. The maximum atomic E-state index is 12.8. The van der Waals surface area contributed by atoms with Crippen molar-refractivity contribution in [2.24, 2.45) is 11.8 Å². The Morgan fingerprint density at radius 2 is 1.80 bits per heavy atom. The van der Waals surface area contributed by atoms with Crippen molar-refractivity contribution < 1.29 is 18.0 Å². The quantitative estimate of drug-likeness (QED) is 0.740. The number of nitrogens with zero attached hydrogens (tertiary/aromatic N) is 2. The maximum absolute atomic E-state index is 12.8. The number of hydrogen-bond donors (Lipinski definition) is 1. The van der Waals surface area contributed by atoms with Gasteiger partial charge in [0.05, 0.1) is 17.0 Å². The van der Waals surface area contributed by atoms with Crippen LogP contribution < -0.4 is 4.72 Å². The highest BCUT2D eigenvalue weighted by Gasteiger charge is 2.36. The molecule has 1 saturated carbocycles. The van der Waals surface area contributed by atoms with Crippen molar-refractivity contribution in [1.29, 1.82) is 0 Å². The average Bonchev–Trinajstić information content (AvgIpc) is 2.97. The van der Waals surface area contributed by atoms with Crippen LogP contribution in [0.5, 0.6) is 0 Å². The van der Waals surface area contributed by atoms with Crippen molar-refractivity contribution in [3.8, 4) is 0 Å². The minimum absolute atomic E-state index is 0.0655. The largest absolute Gasteiger partial charge is 0.280 e. The number of carbonyl (C=O) groups excluding carboxylic acids is 2. The van der Waals surface area contributed by atoms with Gasteiger partial charge in [-0.1, -0.05) is 38.8 Å². The number of imide groups is 1. The number of sulfonamides is 1. The van der Waals surface area contributed by atoms with E-state index in [0.717, 1.165) is 24.2 Å². The molecule has 0 spiro atoms. The summed E-state index contributed by atoms with van der Waals surface area (Å²) in [6.45, 7) is 4.32. The molecular formula is C22H25N3O4S. The fraction of sp³-hybridized carbons (Fsp3) is 0.409. The van der Waals surface area contributed by atoms with Gasteiger partial charge in [0.15, 0.2) is 0 Å². The smallest absolute Gasteiger partial charge is 0.268 e. The van der Waals surface area contributed by atoms with Crippen molar-refractivity contribution in [2.75, 3.05) is 0 Å². The fourth-order valence-electron chi connectivity index (χ4n) is 4.23. The van der Waals surface area contributed by atoms with E-state index in [1.807, 2.05) is 0 Å². The first kappa shape index (κ1) is 20.7. The van der Waals surface area contributed by atoms with Crippen LogP contribution in [0.4, 0.5) is 0 Å². The van der Waals surface area contributed by atoms with E-state index in [0.29, 0.717) is 17.0 Å². The van der Waals surface area contributed by atoms with Crippen LogP contribution in [-0.2, 0) is 16.6 Å². The zero-order valence-corrected chi connectivity index (χ0v) is 17.9. The Bertz CT molecular complexity index is 1050. The highest BCUT2D eigenvalue weighted by Crippen LogP contribution is 2.30. The van der Waals surface area contributed by atoms with Gasteiger partial charge in [0, 0.05) is 12.2 Å². The van der Waals surface area contributed by atoms with E-state index in [4.69, 9.17) is 0 Å². The van der Waals surface area contributed by atoms with E-state index in [9.17, 15) is 18.0 Å². The lowest BCUT2D eigenvalue weighted by Crippen LogP contribution is -2.43. The van der Waals surface area contributed by atoms with Crippen LogP contribution in [0.15, 0.2) is 47.5 Å². The van der Waals surface area contributed by atoms with Gasteiger partial charge in [0.25, 0.3) is 11.8 Å². The first-order chi connectivity index (χ1) is 14.3. The second-order valence-corrected chi connectivity index (χ2v) is 9.95. The topological polar surface area (TPSA) is 96.4 Å². The van der Waals surface area contributed by atoms with E-state index < -0.39 is 15.9 Å². The lowest BCUT2D eigenvalue weighted by Gasteiger charge is -2.34. The Balaban J connectivity index is 1.47. The SMILES string of the molecule is C[C@H]1[C@H](C)CCC[C@H]1NS(=O)(=O)c1ccc(CN2C(=O)c3cccnc3C2=O)cc1. The summed E-state index contributed by atoms with van der Waals surface area (Å²) in [7, 11) is -3.63. The van der Waals surface area contributed by atoms with Crippen LogP contribution in [0.25, 0.3) is 0 Å². The zero-order valence-electron chi connectivity index (χ0n) is 17.0. The van der Waals surface area contributed by atoms with Gasteiger partial charge in [-0.15, -0.1) is 0 Å². The molecule has 2 heterocycles.